The Morgan fingerprint density at radius 2 is 2.13 bits per heavy atom. The molecule has 1 unspecified atom stereocenters. The Labute approximate surface area is 91.1 Å². The van der Waals surface area contributed by atoms with Crippen LogP contribution in [-0.2, 0) is 6.54 Å². The van der Waals surface area contributed by atoms with Crippen LogP contribution in [0, 0.1) is 18.3 Å². The molecule has 1 aliphatic rings. The molecule has 1 atom stereocenters. The lowest BCUT2D eigenvalue weighted by Gasteiger charge is -2.18. The van der Waals surface area contributed by atoms with Crippen molar-refractivity contribution < 1.29 is 0 Å². The number of rotatable bonds is 2. The van der Waals surface area contributed by atoms with Crippen molar-refractivity contribution in [3.8, 4) is 6.07 Å². The molecule has 0 aromatic heterocycles. The molecule has 2 rings (SSSR count). The van der Waals surface area contributed by atoms with E-state index in [0.717, 1.165) is 25.9 Å². The van der Waals surface area contributed by atoms with Gasteiger partial charge in [-0.05, 0) is 31.9 Å². The minimum Gasteiger partial charge on any atom is -0.284 e. The first kappa shape index (κ1) is 10.2. The molecule has 0 N–H and O–H groups in total. The number of nitriles is 1. The summed E-state index contributed by atoms with van der Waals surface area (Å²) in [5, 5.41) is 8.97. The zero-order valence-corrected chi connectivity index (χ0v) is 9.11. The lowest BCUT2D eigenvalue weighted by atomic mass is 10.1. The molecule has 0 saturated carbocycles. The van der Waals surface area contributed by atoms with E-state index in [9.17, 15) is 0 Å². The van der Waals surface area contributed by atoms with Gasteiger partial charge in [-0.25, -0.2) is 0 Å². The Morgan fingerprint density at radius 3 is 2.80 bits per heavy atom. The number of benzene rings is 1. The highest BCUT2D eigenvalue weighted by Crippen LogP contribution is 2.19. The van der Waals surface area contributed by atoms with Crippen LogP contribution in [0.15, 0.2) is 24.3 Å². The Kier molecular flexibility index (Phi) is 3.03. The standard InChI is InChI=1S/C13H16N2/c1-11-4-6-12(7-5-11)10-15-8-2-3-13(15)9-14/h4-7,13H,2-3,8,10H2,1H3. The number of nitrogens with zero attached hydrogens (tertiary/aromatic N) is 2. The second-order valence-electron chi connectivity index (χ2n) is 4.24. The number of aryl methyl sites for hydroxylation is 1. The Morgan fingerprint density at radius 1 is 1.40 bits per heavy atom. The highest BCUT2D eigenvalue weighted by molar-refractivity contribution is 5.21. The summed E-state index contributed by atoms with van der Waals surface area (Å²) in [6.07, 6.45) is 2.19. The molecule has 1 aliphatic heterocycles. The smallest absolute Gasteiger partial charge is 0.0981 e. The van der Waals surface area contributed by atoms with Gasteiger partial charge < -0.3 is 0 Å². The van der Waals surface area contributed by atoms with E-state index < -0.39 is 0 Å². The molecule has 0 radical (unpaired) electrons. The van der Waals surface area contributed by atoms with Crippen LogP contribution in [0.2, 0.25) is 0 Å². The Hall–Kier alpha value is -1.33. The van der Waals surface area contributed by atoms with Gasteiger partial charge in [-0.1, -0.05) is 29.8 Å². The topological polar surface area (TPSA) is 27.0 Å². The molecule has 0 bridgehead atoms. The van der Waals surface area contributed by atoms with Gasteiger partial charge >= 0.3 is 0 Å². The largest absolute Gasteiger partial charge is 0.284 e. The van der Waals surface area contributed by atoms with Gasteiger partial charge in [0.25, 0.3) is 0 Å². The summed E-state index contributed by atoms with van der Waals surface area (Å²) < 4.78 is 0. The monoisotopic (exact) mass is 200 g/mol. The summed E-state index contributed by atoms with van der Waals surface area (Å²) in [6.45, 7) is 4.07. The van der Waals surface area contributed by atoms with Gasteiger partial charge in [-0.2, -0.15) is 5.26 Å². The van der Waals surface area contributed by atoms with Crippen molar-refractivity contribution in [3.63, 3.8) is 0 Å². The molecule has 78 valence electrons. The summed E-state index contributed by atoms with van der Waals surface area (Å²) in [4.78, 5) is 2.27. The van der Waals surface area contributed by atoms with E-state index in [4.69, 9.17) is 5.26 Å². The fourth-order valence-corrected chi connectivity index (χ4v) is 2.09. The van der Waals surface area contributed by atoms with Gasteiger partial charge in [-0.15, -0.1) is 0 Å². The molecule has 0 aliphatic carbocycles. The minimum absolute atomic E-state index is 0.131. The summed E-state index contributed by atoms with van der Waals surface area (Å²) in [5.74, 6) is 0. The molecule has 15 heavy (non-hydrogen) atoms. The molecule has 1 fully saturated rings. The van der Waals surface area contributed by atoms with Crippen LogP contribution in [0.25, 0.3) is 0 Å². The van der Waals surface area contributed by atoms with Crippen molar-refractivity contribution >= 4 is 0 Å². The molecule has 0 spiro atoms. The van der Waals surface area contributed by atoms with E-state index in [1.54, 1.807) is 0 Å². The number of hydrogen-bond acceptors (Lipinski definition) is 2. The highest BCUT2D eigenvalue weighted by Gasteiger charge is 2.23. The molecular formula is C13H16N2. The zero-order valence-electron chi connectivity index (χ0n) is 9.11. The zero-order chi connectivity index (χ0) is 10.7. The van der Waals surface area contributed by atoms with E-state index in [1.807, 2.05) is 0 Å². The molecule has 1 aromatic carbocycles. The third kappa shape index (κ3) is 2.37. The maximum Gasteiger partial charge on any atom is 0.0981 e. The summed E-state index contributed by atoms with van der Waals surface area (Å²) in [6, 6.07) is 11.1. The van der Waals surface area contributed by atoms with Crippen molar-refractivity contribution in [2.75, 3.05) is 6.54 Å². The summed E-state index contributed by atoms with van der Waals surface area (Å²) >= 11 is 0. The third-order valence-corrected chi connectivity index (χ3v) is 3.02. The first-order chi connectivity index (χ1) is 7.29. The van der Waals surface area contributed by atoms with Crippen LogP contribution in [0.1, 0.15) is 24.0 Å². The van der Waals surface area contributed by atoms with Gasteiger partial charge in [0.15, 0.2) is 0 Å². The maximum atomic E-state index is 8.97. The quantitative estimate of drug-likeness (QED) is 0.733. The van der Waals surface area contributed by atoms with E-state index in [1.165, 1.54) is 11.1 Å². The average molecular weight is 200 g/mol. The average Bonchev–Trinajstić information content (AvgIpc) is 2.69. The van der Waals surface area contributed by atoms with E-state index in [0.29, 0.717) is 0 Å². The lowest BCUT2D eigenvalue weighted by molar-refractivity contribution is 0.286. The second kappa shape index (κ2) is 4.46. The normalized spacial score (nSPS) is 21.5. The molecule has 1 heterocycles. The SMILES string of the molecule is Cc1ccc(CN2CCCC2C#N)cc1. The molecule has 1 aromatic rings. The fraction of sp³-hybridized carbons (Fsp3) is 0.462. The first-order valence-corrected chi connectivity index (χ1v) is 5.49. The van der Waals surface area contributed by atoms with Gasteiger partial charge in [0, 0.05) is 6.54 Å². The van der Waals surface area contributed by atoms with Gasteiger partial charge in [0.05, 0.1) is 12.1 Å². The van der Waals surface area contributed by atoms with Crippen molar-refractivity contribution in [2.45, 2.75) is 32.4 Å². The van der Waals surface area contributed by atoms with Gasteiger partial charge in [-0.3, -0.25) is 4.90 Å². The predicted octanol–water partition coefficient (Wildman–Crippen LogP) is 2.48. The predicted molar refractivity (Wildman–Crippen MR) is 60.2 cm³/mol. The minimum atomic E-state index is 0.131. The van der Waals surface area contributed by atoms with Crippen LogP contribution < -0.4 is 0 Å². The first-order valence-electron chi connectivity index (χ1n) is 5.49. The molecule has 2 heteroatoms. The van der Waals surface area contributed by atoms with E-state index in [2.05, 4.69) is 42.2 Å². The molecule has 1 saturated heterocycles. The van der Waals surface area contributed by atoms with Crippen molar-refractivity contribution in [2.24, 2.45) is 0 Å². The third-order valence-electron chi connectivity index (χ3n) is 3.02. The van der Waals surface area contributed by atoms with E-state index >= 15 is 0 Å². The second-order valence-corrected chi connectivity index (χ2v) is 4.24. The fourth-order valence-electron chi connectivity index (χ4n) is 2.09. The van der Waals surface area contributed by atoms with Gasteiger partial charge in [0.1, 0.15) is 0 Å². The number of likely N-dealkylation sites (tertiary alicyclic amines) is 1. The highest BCUT2D eigenvalue weighted by atomic mass is 15.2. The lowest BCUT2D eigenvalue weighted by Crippen LogP contribution is -2.27. The number of hydrogen-bond donors (Lipinski definition) is 0. The van der Waals surface area contributed by atoms with E-state index in [-0.39, 0.29) is 6.04 Å². The molecule has 0 amide bonds. The molecule has 2 nitrogen and oxygen atoms in total. The maximum absolute atomic E-state index is 8.97. The van der Waals surface area contributed by atoms with Crippen LogP contribution in [0.5, 0.6) is 0 Å². The van der Waals surface area contributed by atoms with Crippen LogP contribution >= 0.6 is 0 Å². The Balaban J connectivity index is 2.03. The summed E-state index contributed by atoms with van der Waals surface area (Å²) in [7, 11) is 0. The van der Waals surface area contributed by atoms with Crippen molar-refractivity contribution in [1.82, 2.24) is 4.90 Å². The van der Waals surface area contributed by atoms with Gasteiger partial charge in [0.2, 0.25) is 0 Å². The summed E-state index contributed by atoms with van der Waals surface area (Å²) in [5.41, 5.74) is 2.60. The van der Waals surface area contributed by atoms with Crippen molar-refractivity contribution in [1.29, 1.82) is 5.26 Å². The van der Waals surface area contributed by atoms with Crippen LogP contribution in [0.4, 0.5) is 0 Å². The molecular weight excluding hydrogens is 184 g/mol. The van der Waals surface area contributed by atoms with Crippen molar-refractivity contribution in [3.05, 3.63) is 35.4 Å². The Bertz CT molecular complexity index is 361. The van der Waals surface area contributed by atoms with Crippen LogP contribution in [-0.4, -0.2) is 17.5 Å². The van der Waals surface area contributed by atoms with Crippen LogP contribution in [0.3, 0.4) is 0 Å².